The number of allylic oxidation sites excluding steroid dienone is 3. The first-order valence-corrected chi connectivity index (χ1v) is 9.66. The van der Waals surface area contributed by atoms with E-state index in [1.807, 2.05) is 0 Å². The molecule has 3 heterocycles. The van der Waals surface area contributed by atoms with Gasteiger partial charge < -0.3 is 25.4 Å². The molecule has 1 atom stereocenters. The Hall–Kier alpha value is -2.78. The maximum atomic E-state index is 13.6. The van der Waals surface area contributed by atoms with Crippen LogP contribution in [0.3, 0.4) is 0 Å². The second-order valence-corrected chi connectivity index (χ2v) is 7.50. The van der Waals surface area contributed by atoms with E-state index in [2.05, 4.69) is 10.6 Å². The number of fused-ring (bicyclic) bond motifs is 1. The molecular formula is C21H22F3N3O3. The predicted molar refractivity (Wildman–Crippen MR) is 103 cm³/mol. The highest BCUT2D eigenvalue weighted by atomic mass is 19.4. The summed E-state index contributed by atoms with van der Waals surface area (Å²) >= 11 is 0. The molecule has 160 valence electrons. The van der Waals surface area contributed by atoms with E-state index < -0.39 is 29.4 Å². The SMILES string of the molecule is O=C(NC1(CO)CCOCC1)C1NC(c2ccccc2C(F)(F)F)=C2C=CC=CN21. The first kappa shape index (κ1) is 20.5. The molecule has 3 aliphatic rings. The van der Waals surface area contributed by atoms with Gasteiger partial charge in [0.1, 0.15) is 0 Å². The molecule has 1 aromatic rings. The Morgan fingerprint density at radius 3 is 2.70 bits per heavy atom. The Bertz CT molecular complexity index is 918. The van der Waals surface area contributed by atoms with Crippen LogP contribution in [-0.4, -0.2) is 47.4 Å². The van der Waals surface area contributed by atoms with Gasteiger partial charge in [-0.15, -0.1) is 0 Å². The number of aliphatic hydroxyl groups is 1. The quantitative estimate of drug-likeness (QED) is 0.696. The number of nitrogens with zero attached hydrogens (tertiary/aromatic N) is 1. The van der Waals surface area contributed by atoms with Crippen LogP contribution in [0.4, 0.5) is 13.2 Å². The van der Waals surface area contributed by atoms with Gasteiger partial charge in [0.2, 0.25) is 0 Å². The molecule has 3 aliphatic heterocycles. The highest BCUT2D eigenvalue weighted by Gasteiger charge is 2.42. The van der Waals surface area contributed by atoms with Crippen molar-refractivity contribution in [2.75, 3.05) is 19.8 Å². The van der Waals surface area contributed by atoms with Crippen LogP contribution in [0.25, 0.3) is 5.70 Å². The number of benzene rings is 1. The standard InChI is InChI=1S/C21H22F3N3O3/c22-21(23,24)15-6-2-1-5-14(15)17-16-7-3-4-10-27(16)18(25-17)19(29)26-20(13-28)8-11-30-12-9-20/h1-7,10,18,25,28H,8-9,11-13H2,(H,26,29). The van der Waals surface area contributed by atoms with Gasteiger partial charge in [-0.25, -0.2) is 0 Å². The lowest BCUT2D eigenvalue weighted by Gasteiger charge is -2.38. The molecule has 1 unspecified atom stereocenters. The highest BCUT2D eigenvalue weighted by Crippen LogP contribution is 2.38. The lowest BCUT2D eigenvalue weighted by atomic mass is 9.91. The molecule has 6 nitrogen and oxygen atoms in total. The Balaban J connectivity index is 1.65. The van der Waals surface area contributed by atoms with Crippen molar-refractivity contribution in [2.24, 2.45) is 0 Å². The number of carbonyl (C=O) groups excluding carboxylic acids is 1. The van der Waals surface area contributed by atoms with E-state index in [4.69, 9.17) is 4.74 Å². The summed E-state index contributed by atoms with van der Waals surface area (Å²) in [7, 11) is 0. The third-order valence-electron chi connectivity index (χ3n) is 5.60. The molecule has 0 saturated carbocycles. The summed E-state index contributed by atoms with van der Waals surface area (Å²) in [6.45, 7) is 0.590. The van der Waals surface area contributed by atoms with Crippen LogP contribution >= 0.6 is 0 Å². The van der Waals surface area contributed by atoms with Crippen LogP contribution < -0.4 is 10.6 Å². The molecule has 9 heteroatoms. The summed E-state index contributed by atoms with van der Waals surface area (Å²) < 4.78 is 46.0. The Labute approximate surface area is 171 Å². The van der Waals surface area contributed by atoms with Crippen LogP contribution in [0.1, 0.15) is 24.0 Å². The van der Waals surface area contributed by atoms with Gasteiger partial charge in [0.05, 0.1) is 29.1 Å². The van der Waals surface area contributed by atoms with E-state index in [0.717, 1.165) is 6.07 Å². The fourth-order valence-corrected chi connectivity index (χ4v) is 3.94. The van der Waals surface area contributed by atoms with E-state index in [-0.39, 0.29) is 17.9 Å². The zero-order chi connectivity index (χ0) is 21.4. The summed E-state index contributed by atoms with van der Waals surface area (Å²) in [4.78, 5) is 14.7. The summed E-state index contributed by atoms with van der Waals surface area (Å²) in [5, 5.41) is 15.7. The first-order chi connectivity index (χ1) is 14.3. The lowest BCUT2D eigenvalue weighted by molar-refractivity contribution is -0.137. The molecule has 0 aromatic heterocycles. The van der Waals surface area contributed by atoms with Gasteiger partial charge in [-0.1, -0.05) is 24.3 Å². The predicted octanol–water partition coefficient (Wildman–Crippen LogP) is 2.35. The molecule has 3 N–H and O–H groups in total. The smallest absolute Gasteiger partial charge is 0.394 e. The molecule has 1 aromatic carbocycles. The number of ether oxygens (including phenoxy) is 1. The van der Waals surface area contributed by atoms with Crippen molar-refractivity contribution in [2.45, 2.75) is 30.7 Å². The molecule has 0 spiro atoms. The minimum atomic E-state index is -4.53. The average Bonchev–Trinajstić information content (AvgIpc) is 3.13. The number of rotatable bonds is 4. The second-order valence-electron chi connectivity index (χ2n) is 7.50. The van der Waals surface area contributed by atoms with Gasteiger partial charge in [0.15, 0.2) is 6.17 Å². The van der Waals surface area contributed by atoms with Crippen LogP contribution in [0.15, 0.2) is 54.4 Å². The van der Waals surface area contributed by atoms with Crippen molar-refractivity contribution in [3.8, 4) is 0 Å². The number of amides is 1. The van der Waals surface area contributed by atoms with Crippen molar-refractivity contribution in [1.82, 2.24) is 15.5 Å². The van der Waals surface area contributed by atoms with E-state index in [9.17, 15) is 23.1 Å². The molecule has 30 heavy (non-hydrogen) atoms. The third-order valence-corrected chi connectivity index (χ3v) is 5.60. The van der Waals surface area contributed by atoms with Crippen LogP contribution in [0, 0.1) is 0 Å². The Morgan fingerprint density at radius 1 is 1.27 bits per heavy atom. The monoisotopic (exact) mass is 421 g/mol. The van der Waals surface area contributed by atoms with Crippen molar-refractivity contribution < 1.29 is 27.8 Å². The third kappa shape index (κ3) is 3.70. The van der Waals surface area contributed by atoms with E-state index in [1.54, 1.807) is 29.3 Å². The maximum absolute atomic E-state index is 13.6. The van der Waals surface area contributed by atoms with E-state index in [1.165, 1.54) is 18.2 Å². The van der Waals surface area contributed by atoms with Gasteiger partial charge in [-0.05, 0) is 31.1 Å². The molecule has 1 fully saturated rings. The zero-order valence-electron chi connectivity index (χ0n) is 16.1. The van der Waals surface area contributed by atoms with Gasteiger partial charge in [0.25, 0.3) is 5.91 Å². The number of carbonyl (C=O) groups is 1. The summed E-state index contributed by atoms with van der Waals surface area (Å²) in [6, 6.07) is 5.27. The molecule has 1 saturated heterocycles. The fourth-order valence-electron chi connectivity index (χ4n) is 3.94. The van der Waals surface area contributed by atoms with Crippen molar-refractivity contribution in [1.29, 1.82) is 0 Å². The molecule has 1 amide bonds. The number of hydrogen-bond acceptors (Lipinski definition) is 5. The lowest BCUT2D eigenvalue weighted by Crippen LogP contribution is -2.60. The first-order valence-electron chi connectivity index (χ1n) is 9.66. The van der Waals surface area contributed by atoms with Crippen LogP contribution in [-0.2, 0) is 15.7 Å². The minimum absolute atomic E-state index is 0.0248. The van der Waals surface area contributed by atoms with Crippen molar-refractivity contribution >= 4 is 11.6 Å². The Kier molecular flexibility index (Phi) is 5.33. The van der Waals surface area contributed by atoms with Gasteiger partial charge in [0, 0.05) is 25.0 Å². The highest BCUT2D eigenvalue weighted by molar-refractivity contribution is 5.88. The summed E-state index contributed by atoms with van der Waals surface area (Å²) in [5.74, 6) is -0.428. The minimum Gasteiger partial charge on any atom is -0.394 e. The van der Waals surface area contributed by atoms with Crippen molar-refractivity contribution in [3.05, 3.63) is 65.5 Å². The van der Waals surface area contributed by atoms with E-state index >= 15 is 0 Å². The summed E-state index contributed by atoms with van der Waals surface area (Å²) in [5.41, 5.74) is -0.907. The number of aliphatic hydroxyl groups excluding tert-OH is 1. The normalized spacial score (nSPS) is 22.7. The fraction of sp³-hybridized carbons (Fsp3) is 0.381. The largest absolute Gasteiger partial charge is 0.417 e. The topological polar surface area (TPSA) is 73.8 Å². The number of nitrogens with one attached hydrogen (secondary N) is 2. The van der Waals surface area contributed by atoms with E-state index in [0.29, 0.717) is 31.8 Å². The van der Waals surface area contributed by atoms with Crippen LogP contribution in [0.2, 0.25) is 0 Å². The molecule has 0 bridgehead atoms. The summed E-state index contributed by atoms with van der Waals surface area (Å²) in [6.07, 6.45) is 2.17. The number of alkyl halides is 3. The Morgan fingerprint density at radius 2 is 2.00 bits per heavy atom. The van der Waals surface area contributed by atoms with Crippen LogP contribution in [0.5, 0.6) is 0 Å². The number of halogens is 3. The molecule has 0 radical (unpaired) electrons. The molecular weight excluding hydrogens is 399 g/mol. The maximum Gasteiger partial charge on any atom is 0.417 e. The molecule has 4 rings (SSSR count). The van der Waals surface area contributed by atoms with Gasteiger partial charge >= 0.3 is 6.18 Å². The molecule has 0 aliphatic carbocycles. The van der Waals surface area contributed by atoms with Crippen molar-refractivity contribution in [3.63, 3.8) is 0 Å². The van der Waals surface area contributed by atoms with Gasteiger partial charge in [-0.2, -0.15) is 13.2 Å². The van der Waals surface area contributed by atoms with Gasteiger partial charge in [-0.3, -0.25) is 4.79 Å². The number of hydrogen-bond donors (Lipinski definition) is 3. The zero-order valence-corrected chi connectivity index (χ0v) is 16.1. The average molecular weight is 421 g/mol. The second kappa shape index (κ2) is 7.81.